The van der Waals surface area contributed by atoms with Gasteiger partial charge in [0.15, 0.2) is 0 Å². The number of nitrogens with zero attached hydrogens (tertiary/aromatic N) is 1. The highest BCUT2D eigenvalue weighted by atomic mass is 14.3. The Morgan fingerprint density at radius 3 is 2.38 bits per heavy atom. The molecule has 0 aromatic heterocycles. The molecule has 0 rings (SSSR count). The smallest absolute Gasteiger partial charge is 0.0659 e. The average molecular weight is 179 g/mol. The van der Waals surface area contributed by atoms with Gasteiger partial charge in [-0.25, -0.2) is 0 Å². The van der Waals surface area contributed by atoms with Gasteiger partial charge in [-0.15, -0.1) is 0 Å². The topological polar surface area (TPSA) is 23.8 Å². The fourth-order valence-electron chi connectivity index (χ4n) is 1.57. The largest absolute Gasteiger partial charge is 0.198 e. The molecule has 0 aromatic rings. The molecular weight excluding hydrogens is 158 g/mol. The van der Waals surface area contributed by atoms with Crippen molar-refractivity contribution in [1.82, 2.24) is 0 Å². The van der Waals surface area contributed by atoms with E-state index in [1.54, 1.807) is 0 Å². The SMILES string of the molecule is C=C(CC(C)C)CC(C#N)CCC. The third-order valence-corrected chi connectivity index (χ3v) is 2.05. The molecular formula is C12H21N. The quantitative estimate of drug-likeness (QED) is 0.567. The maximum absolute atomic E-state index is 8.85. The van der Waals surface area contributed by atoms with E-state index in [1.165, 1.54) is 5.57 Å². The van der Waals surface area contributed by atoms with Crippen molar-refractivity contribution >= 4 is 0 Å². The monoisotopic (exact) mass is 179 g/mol. The Hall–Kier alpha value is -0.770. The fourth-order valence-corrected chi connectivity index (χ4v) is 1.57. The Bertz CT molecular complexity index is 186. The van der Waals surface area contributed by atoms with Gasteiger partial charge >= 0.3 is 0 Å². The van der Waals surface area contributed by atoms with Crippen LogP contribution in [0.1, 0.15) is 46.5 Å². The molecule has 0 fully saturated rings. The van der Waals surface area contributed by atoms with Crippen LogP contribution >= 0.6 is 0 Å². The van der Waals surface area contributed by atoms with Crippen molar-refractivity contribution in [2.75, 3.05) is 0 Å². The van der Waals surface area contributed by atoms with Crippen molar-refractivity contribution in [3.63, 3.8) is 0 Å². The Morgan fingerprint density at radius 1 is 1.38 bits per heavy atom. The molecule has 0 radical (unpaired) electrons. The van der Waals surface area contributed by atoms with Gasteiger partial charge < -0.3 is 0 Å². The zero-order valence-electron chi connectivity index (χ0n) is 9.14. The first kappa shape index (κ1) is 12.2. The van der Waals surface area contributed by atoms with Gasteiger partial charge in [0.05, 0.1) is 12.0 Å². The molecule has 0 spiro atoms. The molecule has 0 aliphatic rings. The van der Waals surface area contributed by atoms with Crippen LogP contribution in [0.3, 0.4) is 0 Å². The van der Waals surface area contributed by atoms with Gasteiger partial charge in [-0.05, 0) is 25.2 Å². The molecule has 74 valence electrons. The Labute approximate surface area is 82.5 Å². The predicted molar refractivity (Wildman–Crippen MR) is 57.2 cm³/mol. The summed E-state index contributed by atoms with van der Waals surface area (Å²) in [6, 6.07) is 2.35. The predicted octanol–water partition coefficient (Wildman–Crippen LogP) is 3.92. The summed E-state index contributed by atoms with van der Waals surface area (Å²) in [5.74, 6) is 0.852. The van der Waals surface area contributed by atoms with Crippen molar-refractivity contribution in [3.8, 4) is 6.07 Å². The molecule has 1 nitrogen and oxygen atoms in total. The van der Waals surface area contributed by atoms with Crippen LogP contribution in [-0.4, -0.2) is 0 Å². The zero-order chi connectivity index (χ0) is 10.3. The van der Waals surface area contributed by atoms with Gasteiger partial charge in [0.2, 0.25) is 0 Å². The molecule has 0 N–H and O–H groups in total. The van der Waals surface area contributed by atoms with Gasteiger partial charge in [-0.1, -0.05) is 39.3 Å². The van der Waals surface area contributed by atoms with Crippen molar-refractivity contribution in [3.05, 3.63) is 12.2 Å². The zero-order valence-corrected chi connectivity index (χ0v) is 9.14. The van der Waals surface area contributed by atoms with Crippen LogP contribution in [0.2, 0.25) is 0 Å². The van der Waals surface area contributed by atoms with Crippen LogP contribution < -0.4 is 0 Å². The van der Waals surface area contributed by atoms with E-state index in [0.717, 1.165) is 25.7 Å². The summed E-state index contributed by atoms with van der Waals surface area (Å²) < 4.78 is 0. The van der Waals surface area contributed by atoms with Crippen LogP contribution in [0.5, 0.6) is 0 Å². The summed E-state index contributed by atoms with van der Waals surface area (Å²) in [5.41, 5.74) is 1.23. The van der Waals surface area contributed by atoms with Crippen LogP contribution in [-0.2, 0) is 0 Å². The molecule has 13 heavy (non-hydrogen) atoms. The number of allylic oxidation sites excluding steroid dienone is 1. The first-order chi connectivity index (χ1) is 6.10. The molecule has 0 heterocycles. The van der Waals surface area contributed by atoms with Crippen LogP contribution in [0, 0.1) is 23.2 Å². The third-order valence-electron chi connectivity index (χ3n) is 2.05. The summed E-state index contributed by atoms with van der Waals surface area (Å²) in [6.07, 6.45) is 4.05. The van der Waals surface area contributed by atoms with Gasteiger partial charge in [-0.3, -0.25) is 0 Å². The van der Waals surface area contributed by atoms with Gasteiger partial charge in [0, 0.05) is 0 Å². The van der Waals surface area contributed by atoms with Crippen molar-refractivity contribution < 1.29 is 0 Å². The van der Waals surface area contributed by atoms with Gasteiger partial charge in [-0.2, -0.15) is 5.26 Å². The van der Waals surface area contributed by atoms with Crippen LogP contribution in [0.4, 0.5) is 0 Å². The maximum atomic E-state index is 8.85. The van der Waals surface area contributed by atoms with Crippen molar-refractivity contribution in [2.24, 2.45) is 11.8 Å². The third kappa shape index (κ3) is 6.40. The second kappa shape index (κ2) is 6.71. The van der Waals surface area contributed by atoms with Crippen LogP contribution in [0.25, 0.3) is 0 Å². The molecule has 0 bridgehead atoms. The highest BCUT2D eigenvalue weighted by Crippen LogP contribution is 2.20. The molecule has 1 atom stereocenters. The number of rotatable bonds is 6. The first-order valence-corrected chi connectivity index (χ1v) is 5.16. The van der Waals surface area contributed by atoms with Gasteiger partial charge in [0.25, 0.3) is 0 Å². The summed E-state index contributed by atoms with van der Waals surface area (Å²) >= 11 is 0. The number of hydrogen-bond donors (Lipinski definition) is 0. The van der Waals surface area contributed by atoms with E-state index in [0.29, 0.717) is 5.92 Å². The Morgan fingerprint density at radius 2 is 2.00 bits per heavy atom. The summed E-state index contributed by atoms with van der Waals surface area (Å²) in [6.45, 7) is 10.5. The highest BCUT2D eigenvalue weighted by Gasteiger charge is 2.08. The van der Waals surface area contributed by atoms with Crippen LogP contribution in [0.15, 0.2) is 12.2 Å². The highest BCUT2D eigenvalue weighted by molar-refractivity contribution is 5.01. The Balaban J connectivity index is 3.81. The molecule has 0 amide bonds. The minimum absolute atomic E-state index is 0.191. The summed E-state index contributed by atoms with van der Waals surface area (Å²) in [5, 5.41) is 8.85. The first-order valence-electron chi connectivity index (χ1n) is 5.16. The van der Waals surface area contributed by atoms with Crippen molar-refractivity contribution in [2.45, 2.75) is 46.5 Å². The Kier molecular flexibility index (Phi) is 6.32. The number of hydrogen-bond acceptors (Lipinski definition) is 1. The van der Waals surface area contributed by atoms with E-state index in [9.17, 15) is 0 Å². The molecule has 0 aliphatic carbocycles. The van der Waals surface area contributed by atoms with E-state index >= 15 is 0 Å². The molecule has 0 saturated heterocycles. The number of nitriles is 1. The molecule has 0 saturated carbocycles. The second-order valence-corrected chi connectivity index (χ2v) is 4.17. The molecule has 0 aromatic carbocycles. The summed E-state index contributed by atoms with van der Waals surface area (Å²) in [4.78, 5) is 0. The fraction of sp³-hybridized carbons (Fsp3) is 0.750. The maximum Gasteiger partial charge on any atom is 0.0659 e. The van der Waals surface area contributed by atoms with E-state index in [4.69, 9.17) is 5.26 Å². The lowest BCUT2D eigenvalue weighted by atomic mass is 9.92. The average Bonchev–Trinajstić information content (AvgIpc) is 2.02. The molecule has 1 heteroatoms. The lowest BCUT2D eigenvalue weighted by Gasteiger charge is -2.11. The molecule has 0 aliphatic heterocycles. The van der Waals surface area contributed by atoms with E-state index < -0.39 is 0 Å². The summed E-state index contributed by atoms with van der Waals surface area (Å²) in [7, 11) is 0. The lowest BCUT2D eigenvalue weighted by Crippen LogP contribution is -2.00. The van der Waals surface area contributed by atoms with Crippen molar-refractivity contribution in [1.29, 1.82) is 5.26 Å². The molecule has 1 unspecified atom stereocenters. The minimum Gasteiger partial charge on any atom is -0.198 e. The lowest BCUT2D eigenvalue weighted by molar-refractivity contribution is 0.549. The second-order valence-electron chi connectivity index (χ2n) is 4.17. The standard InChI is InChI=1S/C12H21N/c1-5-6-12(9-13)8-11(4)7-10(2)3/h10,12H,4-8H2,1-3H3. The van der Waals surface area contributed by atoms with E-state index in [-0.39, 0.29) is 5.92 Å². The van der Waals surface area contributed by atoms with E-state index in [1.807, 2.05) is 0 Å². The minimum atomic E-state index is 0.191. The van der Waals surface area contributed by atoms with Gasteiger partial charge in [0.1, 0.15) is 0 Å². The normalized spacial score (nSPS) is 12.5. The van der Waals surface area contributed by atoms with E-state index in [2.05, 4.69) is 33.4 Å².